The standard InChI is InChI=1S/C29H51NO2.ClH/c31-25-22-28(23-26-32)19-15-12-10-8-6-4-2-1-3-5-7-9-11-13-18-24-30-27-29-20-16-14-17-21-29;/h1-2,14,16-17,20-21,28,30-32H,3-13,15,18-19,22-27H2;1H. The average molecular weight is 482 g/mol. The van der Waals surface area contributed by atoms with Crippen molar-refractivity contribution in [1.82, 2.24) is 0 Å². The summed E-state index contributed by atoms with van der Waals surface area (Å²) in [7, 11) is 0. The number of nitrogens with two attached hydrogens (primary N) is 1. The first-order valence-electron chi connectivity index (χ1n) is 13.6. The highest BCUT2D eigenvalue weighted by Crippen LogP contribution is 2.18. The Labute approximate surface area is 210 Å². The van der Waals surface area contributed by atoms with E-state index < -0.39 is 0 Å². The van der Waals surface area contributed by atoms with Crippen LogP contribution in [0.1, 0.15) is 108 Å². The molecule has 0 saturated heterocycles. The van der Waals surface area contributed by atoms with Crippen molar-refractivity contribution in [2.24, 2.45) is 5.92 Å². The van der Waals surface area contributed by atoms with Crippen LogP contribution < -0.4 is 17.7 Å². The second-order valence-corrected chi connectivity index (χ2v) is 9.38. The number of rotatable bonds is 23. The third kappa shape index (κ3) is 21.4. The lowest BCUT2D eigenvalue weighted by molar-refractivity contribution is -0.671. The molecule has 1 aromatic carbocycles. The number of hydrogen-bond donors (Lipinski definition) is 3. The van der Waals surface area contributed by atoms with Crippen molar-refractivity contribution in [1.29, 1.82) is 0 Å². The largest absolute Gasteiger partial charge is 1.00 e. The third-order valence-electron chi connectivity index (χ3n) is 6.48. The Bertz CT molecular complexity index is 518. The van der Waals surface area contributed by atoms with E-state index in [1.54, 1.807) is 0 Å². The summed E-state index contributed by atoms with van der Waals surface area (Å²) in [6, 6.07) is 10.8. The first kappa shape index (κ1) is 32.1. The van der Waals surface area contributed by atoms with Crippen molar-refractivity contribution < 1.29 is 27.9 Å². The van der Waals surface area contributed by atoms with Gasteiger partial charge in [0.05, 0.1) is 6.54 Å². The number of quaternary nitrogens is 1. The number of benzene rings is 1. The normalized spacial score (nSPS) is 11.4. The number of halogens is 1. The van der Waals surface area contributed by atoms with Gasteiger partial charge in [0.25, 0.3) is 0 Å². The van der Waals surface area contributed by atoms with Crippen molar-refractivity contribution in [2.45, 2.75) is 109 Å². The van der Waals surface area contributed by atoms with Gasteiger partial charge in [0, 0.05) is 18.8 Å². The Kier molecular flexibility index (Phi) is 25.1. The Morgan fingerprint density at radius 3 is 1.73 bits per heavy atom. The minimum atomic E-state index is 0. The summed E-state index contributed by atoms with van der Waals surface area (Å²) in [6.07, 6.45) is 24.9. The Morgan fingerprint density at radius 2 is 1.15 bits per heavy atom. The van der Waals surface area contributed by atoms with Gasteiger partial charge in [-0.25, -0.2) is 0 Å². The number of hydrogen-bond acceptors (Lipinski definition) is 2. The summed E-state index contributed by atoms with van der Waals surface area (Å²) in [5.41, 5.74) is 1.43. The van der Waals surface area contributed by atoms with Crippen LogP contribution in [0, 0.1) is 5.92 Å². The minimum absolute atomic E-state index is 0. The monoisotopic (exact) mass is 481 g/mol. The molecule has 0 heterocycles. The lowest BCUT2D eigenvalue weighted by Gasteiger charge is -2.13. The van der Waals surface area contributed by atoms with E-state index in [1.807, 2.05) is 0 Å². The summed E-state index contributed by atoms with van der Waals surface area (Å²) < 4.78 is 0. The van der Waals surface area contributed by atoms with E-state index in [4.69, 9.17) is 10.2 Å². The smallest absolute Gasteiger partial charge is 0.101 e. The van der Waals surface area contributed by atoms with E-state index in [-0.39, 0.29) is 25.6 Å². The van der Waals surface area contributed by atoms with Crippen molar-refractivity contribution in [3.05, 3.63) is 48.0 Å². The first-order valence-corrected chi connectivity index (χ1v) is 13.6. The molecule has 4 heteroatoms. The number of allylic oxidation sites excluding steroid dienone is 2. The quantitative estimate of drug-likeness (QED) is 0.166. The maximum atomic E-state index is 9.06. The third-order valence-corrected chi connectivity index (χ3v) is 6.48. The topological polar surface area (TPSA) is 57.1 Å². The molecule has 0 aliphatic carbocycles. The van der Waals surface area contributed by atoms with Crippen LogP contribution in [0.2, 0.25) is 0 Å². The van der Waals surface area contributed by atoms with Gasteiger partial charge < -0.3 is 27.9 Å². The Hall–Kier alpha value is -0.870. The lowest BCUT2D eigenvalue weighted by atomic mass is 9.95. The fraction of sp³-hybridized carbons (Fsp3) is 0.724. The van der Waals surface area contributed by atoms with Gasteiger partial charge in [0.1, 0.15) is 6.54 Å². The summed E-state index contributed by atoms with van der Waals surface area (Å²) in [6.45, 7) is 2.88. The Morgan fingerprint density at radius 1 is 0.636 bits per heavy atom. The first-order chi connectivity index (χ1) is 15.9. The SMILES string of the molecule is OCCC(CCO)CCCCCCCC=CCCCCCCCC[NH2+]Cc1ccccc1.[Cl-]. The molecule has 0 saturated carbocycles. The molecule has 0 bridgehead atoms. The molecule has 0 atom stereocenters. The second-order valence-electron chi connectivity index (χ2n) is 9.38. The van der Waals surface area contributed by atoms with Gasteiger partial charge >= 0.3 is 0 Å². The Balaban J connectivity index is 0.0000102. The number of aliphatic hydroxyl groups is 2. The van der Waals surface area contributed by atoms with Gasteiger partial charge in [-0.2, -0.15) is 0 Å². The zero-order valence-electron chi connectivity index (χ0n) is 21.1. The van der Waals surface area contributed by atoms with E-state index in [9.17, 15) is 0 Å². The zero-order chi connectivity index (χ0) is 23.0. The van der Waals surface area contributed by atoms with Crippen LogP contribution in [0.5, 0.6) is 0 Å². The van der Waals surface area contributed by atoms with Crippen LogP contribution in [0.4, 0.5) is 0 Å². The van der Waals surface area contributed by atoms with Crippen molar-refractivity contribution in [2.75, 3.05) is 19.8 Å². The fourth-order valence-corrected chi connectivity index (χ4v) is 4.40. The van der Waals surface area contributed by atoms with Gasteiger partial charge in [-0.3, -0.25) is 0 Å². The number of unbranched alkanes of at least 4 members (excludes halogenated alkanes) is 11. The zero-order valence-corrected chi connectivity index (χ0v) is 21.9. The highest BCUT2D eigenvalue weighted by Gasteiger charge is 2.06. The van der Waals surface area contributed by atoms with Crippen LogP contribution in [-0.4, -0.2) is 30.0 Å². The minimum Gasteiger partial charge on any atom is -1.00 e. The summed E-state index contributed by atoms with van der Waals surface area (Å²) in [4.78, 5) is 0. The molecule has 0 radical (unpaired) electrons. The lowest BCUT2D eigenvalue weighted by Crippen LogP contribution is -3.00. The van der Waals surface area contributed by atoms with Crippen molar-refractivity contribution >= 4 is 0 Å². The highest BCUT2D eigenvalue weighted by atomic mass is 35.5. The average Bonchev–Trinajstić information content (AvgIpc) is 2.81. The van der Waals surface area contributed by atoms with E-state index in [0.717, 1.165) is 25.8 Å². The predicted octanol–water partition coefficient (Wildman–Crippen LogP) is 3.15. The molecule has 0 aromatic heterocycles. The highest BCUT2D eigenvalue weighted by molar-refractivity contribution is 5.12. The van der Waals surface area contributed by atoms with E-state index >= 15 is 0 Å². The van der Waals surface area contributed by atoms with E-state index in [2.05, 4.69) is 47.8 Å². The molecule has 0 aliphatic heterocycles. The maximum Gasteiger partial charge on any atom is 0.101 e. The summed E-state index contributed by atoms with van der Waals surface area (Å²) in [5, 5.41) is 20.6. The molecular formula is C29H52ClNO2. The van der Waals surface area contributed by atoms with Gasteiger partial charge in [0.15, 0.2) is 0 Å². The van der Waals surface area contributed by atoms with Gasteiger partial charge in [0.2, 0.25) is 0 Å². The molecule has 3 nitrogen and oxygen atoms in total. The predicted molar refractivity (Wildman–Crippen MR) is 138 cm³/mol. The molecule has 33 heavy (non-hydrogen) atoms. The molecule has 1 rings (SSSR count). The van der Waals surface area contributed by atoms with E-state index in [0.29, 0.717) is 5.92 Å². The molecule has 1 aromatic rings. The van der Waals surface area contributed by atoms with Crippen LogP contribution >= 0.6 is 0 Å². The summed E-state index contributed by atoms with van der Waals surface area (Å²) in [5.74, 6) is 0.511. The van der Waals surface area contributed by atoms with Gasteiger partial charge in [-0.15, -0.1) is 0 Å². The van der Waals surface area contributed by atoms with Crippen molar-refractivity contribution in [3.63, 3.8) is 0 Å². The van der Waals surface area contributed by atoms with Crippen LogP contribution in [0.25, 0.3) is 0 Å². The second kappa shape index (κ2) is 25.7. The molecule has 0 amide bonds. The van der Waals surface area contributed by atoms with Gasteiger partial charge in [-0.1, -0.05) is 93.9 Å². The molecule has 0 aliphatic rings. The molecule has 0 fully saturated rings. The number of aliphatic hydroxyl groups excluding tert-OH is 2. The fourth-order valence-electron chi connectivity index (χ4n) is 4.40. The van der Waals surface area contributed by atoms with E-state index in [1.165, 1.54) is 95.6 Å². The van der Waals surface area contributed by atoms with Gasteiger partial charge in [-0.05, 0) is 57.3 Å². The maximum absolute atomic E-state index is 9.06. The molecule has 0 spiro atoms. The van der Waals surface area contributed by atoms with Crippen LogP contribution in [0.15, 0.2) is 42.5 Å². The molecule has 192 valence electrons. The molecule has 0 unspecified atom stereocenters. The van der Waals surface area contributed by atoms with Crippen molar-refractivity contribution in [3.8, 4) is 0 Å². The van der Waals surface area contributed by atoms with Crippen LogP contribution in [0.3, 0.4) is 0 Å². The summed E-state index contributed by atoms with van der Waals surface area (Å²) >= 11 is 0. The molecule has 4 N–H and O–H groups in total. The van der Waals surface area contributed by atoms with Crippen LogP contribution in [-0.2, 0) is 6.54 Å². The molecular weight excluding hydrogens is 430 g/mol.